The number of esters is 1. The summed E-state index contributed by atoms with van der Waals surface area (Å²) in [5, 5.41) is 10.9. The Morgan fingerprint density at radius 2 is 2.00 bits per heavy atom. The lowest BCUT2D eigenvalue weighted by molar-refractivity contribution is 0.0593. The van der Waals surface area contributed by atoms with Crippen molar-refractivity contribution in [1.82, 2.24) is 10.2 Å². The van der Waals surface area contributed by atoms with Crippen LogP contribution in [0.15, 0.2) is 12.1 Å². The minimum Gasteiger partial charge on any atom is -0.464 e. The van der Waals surface area contributed by atoms with Crippen LogP contribution < -0.4 is 5.32 Å². The number of hydrogen-bond donors (Lipinski definition) is 1. The Hall–Kier alpha value is -1.65. The molecule has 1 unspecified atom stereocenters. The topological polar surface area (TPSA) is 64.1 Å². The van der Waals surface area contributed by atoms with E-state index in [1.54, 1.807) is 12.1 Å². The van der Waals surface area contributed by atoms with Crippen molar-refractivity contribution < 1.29 is 9.53 Å². The van der Waals surface area contributed by atoms with Gasteiger partial charge in [-0.05, 0) is 25.0 Å². The van der Waals surface area contributed by atoms with Gasteiger partial charge in [0, 0.05) is 6.04 Å². The van der Waals surface area contributed by atoms with Gasteiger partial charge in [0.05, 0.1) is 7.11 Å². The average Bonchev–Trinajstić information content (AvgIpc) is 2.28. The van der Waals surface area contributed by atoms with Gasteiger partial charge in [0.2, 0.25) is 0 Å². The highest BCUT2D eigenvalue weighted by atomic mass is 16.5. The average molecular weight is 223 g/mol. The summed E-state index contributed by atoms with van der Waals surface area (Å²) in [5.41, 5.74) is 0.213. The number of nitrogens with one attached hydrogen (secondary N) is 1. The van der Waals surface area contributed by atoms with E-state index in [0.717, 1.165) is 0 Å². The van der Waals surface area contributed by atoms with Crippen molar-refractivity contribution in [2.75, 3.05) is 12.4 Å². The van der Waals surface area contributed by atoms with Crippen molar-refractivity contribution in [2.45, 2.75) is 26.8 Å². The molecule has 0 aromatic carbocycles. The summed E-state index contributed by atoms with van der Waals surface area (Å²) in [4.78, 5) is 11.1. The van der Waals surface area contributed by atoms with Crippen LogP contribution in [0.4, 0.5) is 5.82 Å². The first kappa shape index (κ1) is 12.4. The Balaban J connectivity index is 2.68. The predicted octanol–water partition coefficient (Wildman–Crippen LogP) is 1.72. The molecule has 5 nitrogen and oxygen atoms in total. The Morgan fingerprint density at radius 3 is 2.44 bits per heavy atom. The van der Waals surface area contributed by atoms with Crippen LogP contribution in [0.2, 0.25) is 0 Å². The van der Waals surface area contributed by atoms with Gasteiger partial charge < -0.3 is 10.1 Å². The van der Waals surface area contributed by atoms with E-state index in [1.165, 1.54) is 7.11 Å². The lowest BCUT2D eigenvalue weighted by Gasteiger charge is -2.17. The van der Waals surface area contributed by atoms with Crippen LogP contribution in [0.1, 0.15) is 31.3 Å². The summed E-state index contributed by atoms with van der Waals surface area (Å²) in [7, 11) is 1.32. The third kappa shape index (κ3) is 3.18. The third-order valence-electron chi connectivity index (χ3n) is 2.43. The number of aromatic nitrogens is 2. The molecule has 1 N–H and O–H groups in total. The smallest absolute Gasteiger partial charge is 0.358 e. The van der Waals surface area contributed by atoms with Crippen LogP contribution in [-0.4, -0.2) is 29.3 Å². The molecule has 0 radical (unpaired) electrons. The second-order valence-corrected chi connectivity index (χ2v) is 3.97. The number of carbonyl (C=O) groups is 1. The lowest BCUT2D eigenvalue weighted by atomic mass is 10.1. The molecule has 0 aliphatic heterocycles. The maximum atomic E-state index is 11.1. The first-order chi connectivity index (χ1) is 7.54. The molecule has 0 aliphatic rings. The Kier molecular flexibility index (Phi) is 4.22. The molecule has 5 heteroatoms. The van der Waals surface area contributed by atoms with E-state index in [2.05, 4.69) is 41.0 Å². The molecule has 0 spiro atoms. The number of nitrogens with zero attached hydrogens (tertiary/aromatic N) is 2. The highest BCUT2D eigenvalue weighted by molar-refractivity contribution is 5.86. The number of hydrogen-bond acceptors (Lipinski definition) is 5. The van der Waals surface area contributed by atoms with E-state index in [9.17, 15) is 4.79 Å². The summed E-state index contributed by atoms with van der Waals surface area (Å²) < 4.78 is 4.53. The number of anilines is 1. The van der Waals surface area contributed by atoms with Crippen molar-refractivity contribution in [3.63, 3.8) is 0 Å². The summed E-state index contributed by atoms with van der Waals surface area (Å²) in [6.07, 6.45) is 0. The maximum Gasteiger partial charge on any atom is 0.358 e. The zero-order valence-electron chi connectivity index (χ0n) is 10.0. The van der Waals surface area contributed by atoms with Crippen molar-refractivity contribution >= 4 is 11.8 Å². The molecule has 1 heterocycles. The van der Waals surface area contributed by atoms with Gasteiger partial charge in [0.15, 0.2) is 5.69 Å². The Morgan fingerprint density at radius 1 is 1.31 bits per heavy atom. The van der Waals surface area contributed by atoms with Crippen LogP contribution in [0.3, 0.4) is 0 Å². The van der Waals surface area contributed by atoms with E-state index in [-0.39, 0.29) is 5.69 Å². The van der Waals surface area contributed by atoms with Crippen LogP contribution >= 0.6 is 0 Å². The second-order valence-electron chi connectivity index (χ2n) is 3.97. The van der Waals surface area contributed by atoms with Crippen molar-refractivity contribution in [3.8, 4) is 0 Å². The molecule has 88 valence electrons. The number of rotatable bonds is 4. The van der Waals surface area contributed by atoms with Gasteiger partial charge in [-0.2, -0.15) is 0 Å². The molecular weight excluding hydrogens is 206 g/mol. The van der Waals surface area contributed by atoms with Gasteiger partial charge in [-0.1, -0.05) is 13.8 Å². The van der Waals surface area contributed by atoms with E-state index in [1.807, 2.05) is 0 Å². The molecule has 1 atom stereocenters. The molecule has 1 rings (SSSR count). The van der Waals surface area contributed by atoms with E-state index in [0.29, 0.717) is 17.8 Å². The van der Waals surface area contributed by atoms with Gasteiger partial charge in [0.25, 0.3) is 0 Å². The maximum absolute atomic E-state index is 11.1. The lowest BCUT2D eigenvalue weighted by Crippen LogP contribution is -2.22. The number of carbonyl (C=O) groups excluding carboxylic acids is 1. The number of methoxy groups -OCH3 is 1. The fraction of sp³-hybridized carbons (Fsp3) is 0.545. The van der Waals surface area contributed by atoms with Gasteiger partial charge in [-0.25, -0.2) is 4.79 Å². The fourth-order valence-corrected chi connectivity index (χ4v) is 1.02. The largest absolute Gasteiger partial charge is 0.464 e. The first-order valence-corrected chi connectivity index (χ1v) is 5.23. The second kappa shape index (κ2) is 5.44. The predicted molar refractivity (Wildman–Crippen MR) is 61.3 cm³/mol. The van der Waals surface area contributed by atoms with Crippen LogP contribution in [0, 0.1) is 5.92 Å². The molecule has 1 aromatic rings. The molecule has 1 aromatic heterocycles. The van der Waals surface area contributed by atoms with Crippen LogP contribution in [-0.2, 0) is 4.74 Å². The van der Waals surface area contributed by atoms with E-state index >= 15 is 0 Å². The Labute approximate surface area is 95.2 Å². The quantitative estimate of drug-likeness (QED) is 0.787. The van der Waals surface area contributed by atoms with Crippen LogP contribution in [0.25, 0.3) is 0 Å². The molecule has 0 saturated heterocycles. The minimum atomic E-state index is -0.476. The summed E-state index contributed by atoms with van der Waals surface area (Å²) in [5.74, 6) is 0.687. The zero-order valence-corrected chi connectivity index (χ0v) is 10.0. The highest BCUT2D eigenvalue weighted by Gasteiger charge is 2.10. The molecule has 0 saturated carbocycles. The van der Waals surface area contributed by atoms with Crippen LogP contribution in [0.5, 0.6) is 0 Å². The molecule has 16 heavy (non-hydrogen) atoms. The van der Waals surface area contributed by atoms with Crippen molar-refractivity contribution in [3.05, 3.63) is 17.8 Å². The van der Waals surface area contributed by atoms with E-state index in [4.69, 9.17) is 0 Å². The fourth-order valence-electron chi connectivity index (χ4n) is 1.02. The van der Waals surface area contributed by atoms with Gasteiger partial charge in [-0.15, -0.1) is 10.2 Å². The molecule has 0 fully saturated rings. The van der Waals surface area contributed by atoms with Crippen molar-refractivity contribution in [2.24, 2.45) is 5.92 Å². The zero-order chi connectivity index (χ0) is 12.1. The molecule has 0 aliphatic carbocycles. The molecule has 0 bridgehead atoms. The monoisotopic (exact) mass is 223 g/mol. The minimum absolute atomic E-state index is 0.213. The van der Waals surface area contributed by atoms with E-state index < -0.39 is 5.97 Å². The first-order valence-electron chi connectivity index (χ1n) is 5.23. The van der Waals surface area contributed by atoms with Gasteiger partial charge >= 0.3 is 5.97 Å². The third-order valence-corrected chi connectivity index (χ3v) is 2.43. The summed E-state index contributed by atoms with van der Waals surface area (Å²) in [6.45, 7) is 6.31. The Bertz CT molecular complexity index is 349. The number of ether oxygens (including phenoxy) is 1. The van der Waals surface area contributed by atoms with Gasteiger partial charge in [0.1, 0.15) is 5.82 Å². The van der Waals surface area contributed by atoms with Gasteiger partial charge in [-0.3, -0.25) is 0 Å². The highest BCUT2D eigenvalue weighted by Crippen LogP contribution is 2.09. The summed E-state index contributed by atoms with van der Waals surface area (Å²) >= 11 is 0. The summed E-state index contributed by atoms with van der Waals surface area (Å²) in [6, 6.07) is 3.62. The van der Waals surface area contributed by atoms with Crippen molar-refractivity contribution in [1.29, 1.82) is 0 Å². The SMILES string of the molecule is COC(=O)c1ccc(NC(C)C(C)C)nn1. The molecule has 0 amide bonds. The normalized spacial score (nSPS) is 12.3. The molecular formula is C11H17N3O2. The standard InChI is InChI=1S/C11H17N3O2/c1-7(2)8(3)12-10-6-5-9(13-14-10)11(15)16-4/h5-8H,1-4H3,(H,12,14).